The number of fused-ring (bicyclic) bond motifs is 1. The summed E-state index contributed by atoms with van der Waals surface area (Å²) < 4.78 is 1.07. The molecule has 122 valence electrons. The minimum absolute atomic E-state index is 0.340. The molecule has 1 aliphatic heterocycles. The van der Waals surface area contributed by atoms with Crippen LogP contribution in [0.3, 0.4) is 0 Å². The maximum Gasteiger partial charge on any atom is 0.262 e. The number of aryl methyl sites for hydroxylation is 1. The molecule has 1 N–H and O–H groups in total. The monoisotopic (exact) mass is 434 g/mol. The van der Waals surface area contributed by atoms with Crippen LogP contribution in [-0.2, 0) is 4.79 Å². The molecule has 0 aromatic heterocycles. The first-order chi connectivity index (χ1) is 11.4. The van der Waals surface area contributed by atoms with E-state index in [0.29, 0.717) is 16.8 Å². The Hall–Kier alpha value is -2.22. The van der Waals surface area contributed by atoms with Crippen molar-refractivity contribution in [2.75, 3.05) is 5.32 Å². The van der Waals surface area contributed by atoms with Gasteiger partial charge in [-0.2, -0.15) is 0 Å². The topological polar surface area (TPSA) is 66.5 Å². The third-order valence-electron chi connectivity index (χ3n) is 4.04. The van der Waals surface area contributed by atoms with E-state index in [1.807, 2.05) is 25.1 Å². The smallest absolute Gasteiger partial charge is 0.262 e. The molecular weight excluding hydrogens is 419 g/mol. The van der Waals surface area contributed by atoms with Gasteiger partial charge in [0, 0.05) is 9.26 Å². The van der Waals surface area contributed by atoms with Gasteiger partial charge in [0.05, 0.1) is 11.1 Å². The van der Waals surface area contributed by atoms with Crippen molar-refractivity contribution in [3.8, 4) is 0 Å². The van der Waals surface area contributed by atoms with Gasteiger partial charge in [-0.15, -0.1) is 0 Å². The van der Waals surface area contributed by atoms with E-state index in [-0.39, 0.29) is 0 Å². The molecule has 0 unspecified atom stereocenters. The number of hydrogen-bond donors (Lipinski definition) is 1. The fourth-order valence-electron chi connectivity index (χ4n) is 2.68. The van der Waals surface area contributed by atoms with E-state index in [1.54, 1.807) is 31.2 Å². The summed E-state index contributed by atoms with van der Waals surface area (Å²) >= 11 is 2.20. The van der Waals surface area contributed by atoms with Crippen LogP contribution in [0.2, 0.25) is 0 Å². The van der Waals surface area contributed by atoms with Gasteiger partial charge in [0.15, 0.2) is 0 Å². The van der Waals surface area contributed by atoms with Crippen molar-refractivity contribution in [3.63, 3.8) is 0 Å². The van der Waals surface area contributed by atoms with Gasteiger partial charge in [-0.25, -0.2) is 0 Å². The highest BCUT2D eigenvalue weighted by molar-refractivity contribution is 14.1. The van der Waals surface area contributed by atoms with Gasteiger partial charge < -0.3 is 5.32 Å². The van der Waals surface area contributed by atoms with E-state index >= 15 is 0 Å². The van der Waals surface area contributed by atoms with Crippen molar-refractivity contribution in [1.29, 1.82) is 0 Å². The Labute approximate surface area is 153 Å². The van der Waals surface area contributed by atoms with Crippen LogP contribution in [0.25, 0.3) is 0 Å². The van der Waals surface area contributed by atoms with Crippen LogP contribution < -0.4 is 5.32 Å². The third kappa shape index (κ3) is 2.82. The van der Waals surface area contributed by atoms with Gasteiger partial charge in [-0.1, -0.05) is 12.1 Å². The van der Waals surface area contributed by atoms with Crippen LogP contribution in [0.1, 0.15) is 33.2 Å². The molecule has 0 saturated heterocycles. The summed E-state index contributed by atoms with van der Waals surface area (Å²) in [4.78, 5) is 38.4. The van der Waals surface area contributed by atoms with Crippen molar-refractivity contribution in [1.82, 2.24) is 4.90 Å². The van der Waals surface area contributed by atoms with Crippen LogP contribution in [0.5, 0.6) is 0 Å². The molecule has 2 aromatic carbocycles. The number of amides is 3. The van der Waals surface area contributed by atoms with E-state index < -0.39 is 23.8 Å². The molecule has 0 radical (unpaired) electrons. The van der Waals surface area contributed by atoms with E-state index in [4.69, 9.17) is 0 Å². The second kappa shape index (κ2) is 6.35. The minimum Gasteiger partial charge on any atom is -0.324 e. The predicted octanol–water partition coefficient (Wildman–Crippen LogP) is 3.22. The number of carbonyl (C=O) groups is 3. The molecule has 1 heterocycles. The Morgan fingerprint density at radius 3 is 2.21 bits per heavy atom. The molecular formula is C18H15IN2O3. The van der Waals surface area contributed by atoms with Crippen molar-refractivity contribution < 1.29 is 14.4 Å². The summed E-state index contributed by atoms with van der Waals surface area (Å²) in [5.74, 6) is -1.26. The zero-order valence-corrected chi connectivity index (χ0v) is 15.3. The lowest BCUT2D eigenvalue weighted by molar-refractivity contribution is -0.119. The molecule has 1 aliphatic rings. The van der Waals surface area contributed by atoms with Crippen molar-refractivity contribution in [2.45, 2.75) is 19.9 Å². The molecule has 1 atom stereocenters. The normalized spacial score (nSPS) is 14.5. The number of hydrogen-bond acceptors (Lipinski definition) is 3. The largest absolute Gasteiger partial charge is 0.324 e. The molecule has 6 heteroatoms. The Kier molecular flexibility index (Phi) is 4.40. The first-order valence-electron chi connectivity index (χ1n) is 7.44. The number of carbonyl (C=O) groups excluding carboxylic acids is 3. The van der Waals surface area contributed by atoms with Crippen LogP contribution in [-0.4, -0.2) is 28.7 Å². The van der Waals surface area contributed by atoms with Gasteiger partial charge in [0.25, 0.3) is 11.8 Å². The number of benzene rings is 2. The van der Waals surface area contributed by atoms with E-state index in [1.165, 1.54) is 0 Å². The fraction of sp³-hybridized carbons (Fsp3) is 0.167. The SMILES string of the molecule is Cc1cc(I)ccc1NC(=O)[C@@H](C)N1C(=O)c2ccccc2C1=O. The Bertz CT molecular complexity index is 828. The highest BCUT2D eigenvalue weighted by Crippen LogP contribution is 2.25. The quantitative estimate of drug-likeness (QED) is 0.596. The number of anilines is 1. The summed E-state index contributed by atoms with van der Waals surface area (Å²) in [6, 6.07) is 11.4. The van der Waals surface area contributed by atoms with Crippen LogP contribution >= 0.6 is 22.6 Å². The fourth-order valence-corrected chi connectivity index (χ4v) is 3.33. The van der Waals surface area contributed by atoms with Gasteiger partial charge >= 0.3 is 0 Å². The van der Waals surface area contributed by atoms with Crippen LogP contribution in [0, 0.1) is 10.5 Å². The standard InChI is InChI=1S/C18H15IN2O3/c1-10-9-12(19)7-8-15(10)20-16(22)11(2)21-17(23)13-5-3-4-6-14(13)18(21)24/h3-9,11H,1-2H3,(H,20,22)/t11-/m1/s1. The highest BCUT2D eigenvalue weighted by atomic mass is 127. The molecule has 3 rings (SSSR count). The lowest BCUT2D eigenvalue weighted by Crippen LogP contribution is -2.45. The number of nitrogens with zero attached hydrogens (tertiary/aromatic N) is 1. The third-order valence-corrected chi connectivity index (χ3v) is 4.71. The maximum absolute atomic E-state index is 12.5. The second-order valence-corrected chi connectivity index (χ2v) is 6.90. The van der Waals surface area contributed by atoms with Crippen LogP contribution in [0.15, 0.2) is 42.5 Å². The summed E-state index contributed by atoms with van der Waals surface area (Å²) in [5.41, 5.74) is 2.27. The molecule has 0 aliphatic carbocycles. The summed E-state index contributed by atoms with van der Waals surface area (Å²) in [6.45, 7) is 3.45. The summed E-state index contributed by atoms with van der Waals surface area (Å²) in [6.07, 6.45) is 0. The zero-order valence-electron chi connectivity index (χ0n) is 13.2. The van der Waals surface area contributed by atoms with Crippen molar-refractivity contribution in [2.24, 2.45) is 0 Å². The van der Waals surface area contributed by atoms with Gasteiger partial charge in [-0.3, -0.25) is 19.3 Å². The van der Waals surface area contributed by atoms with E-state index in [0.717, 1.165) is 14.0 Å². The zero-order chi connectivity index (χ0) is 17.4. The lowest BCUT2D eigenvalue weighted by atomic mass is 10.1. The van der Waals surface area contributed by atoms with Gasteiger partial charge in [-0.05, 0) is 72.3 Å². The van der Waals surface area contributed by atoms with Crippen molar-refractivity contribution >= 4 is 46.0 Å². The Morgan fingerprint density at radius 1 is 1.08 bits per heavy atom. The average Bonchev–Trinajstić information content (AvgIpc) is 2.81. The molecule has 0 spiro atoms. The number of imide groups is 1. The first-order valence-corrected chi connectivity index (χ1v) is 8.52. The van der Waals surface area contributed by atoms with E-state index in [9.17, 15) is 14.4 Å². The van der Waals surface area contributed by atoms with Gasteiger partial charge in [0.1, 0.15) is 6.04 Å². The lowest BCUT2D eigenvalue weighted by Gasteiger charge is -2.22. The summed E-state index contributed by atoms with van der Waals surface area (Å²) in [7, 11) is 0. The number of rotatable bonds is 3. The first kappa shape index (κ1) is 16.6. The molecule has 0 saturated carbocycles. The van der Waals surface area contributed by atoms with Gasteiger partial charge in [0.2, 0.25) is 5.91 Å². The van der Waals surface area contributed by atoms with Crippen LogP contribution in [0.4, 0.5) is 5.69 Å². The Morgan fingerprint density at radius 2 is 1.67 bits per heavy atom. The number of halogens is 1. The Balaban J connectivity index is 1.82. The molecule has 0 fully saturated rings. The molecule has 24 heavy (non-hydrogen) atoms. The second-order valence-electron chi connectivity index (χ2n) is 5.65. The highest BCUT2D eigenvalue weighted by Gasteiger charge is 2.40. The summed E-state index contributed by atoms with van der Waals surface area (Å²) in [5, 5.41) is 2.79. The number of nitrogens with one attached hydrogen (secondary N) is 1. The predicted molar refractivity (Wildman–Crippen MR) is 98.9 cm³/mol. The molecule has 5 nitrogen and oxygen atoms in total. The average molecular weight is 434 g/mol. The molecule has 2 aromatic rings. The van der Waals surface area contributed by atoms with Crippen molar-refractivity contribution in [3.05, 3.63) is 62.7 Å². The van der Waals surface area contributed by atoms with E-state index in [2.05, 4.69) is 27.9 Å². The molecule has 0 bridgehead atoms. The molecule has 3 amide bonds. The minimum atomic E-state index is -0.893. The maximum atomic E-state index is 12.5.